The summed E-state index contributed by atoms with van der Waals surface area (Å²) in [4.78, 5) is 12.2. The summed E-state index contributed by atoms with van der Waals surface area (Å²) in [5, 5.41) is 11.5. The first kappa shape index (κ1) is 20.8. The molecule has 7 nitrogen and oxygen atoms in total. The first-order valence-electron chi connectivity index (χ1n) is 9.51. The molecule has 0 aliphatic heterocycles. The first-order chi connectivity index (χ1) is 14.0. The number of amides is 1. The van der Waals surface area contributed by atoms with Crippen LogP contribution in [0, 0.1) is 11.3 Å². The molecular formula is C21H23N3O4S. The van der Waals surface area contributed by atoms with E-state index in [-0.39, 0.29) is 23.5 Å². The second-order valence-electron chi connectivity index (χ2n) is 6.96. The minimum Gasteiger partial charge on any atom is -0.484 e. The fourth-order valence-electron chi connectivity index (χ4n) is 3.24. The maximum absolute atomic E-state index is 12.5. The van der Waals surface area contributed by atoms with Crippen LogP contribution < -0.4 is 14.8 Å². The topological polar surface area (TPSA) is 108 Å². The quantitative estimate of drug-likeness (QED) is 0.725. The third-order valence-electron chi connectivity index (χ3n) is 4.71. The van der Waals surface area contributed by atoms with Crippen LogP contribution in [0.2, 0.25) is 0 Å². The predicted octanol–water partition coefficient (Wildman–Crippen LogP) is 3.19. The van der Waals surface area contributed by atoms with Gasteiger partial charge in [0.05, 0.1) is 16.5 Å². The molecule has 0 aromatic heterocycles. The summed E-state index contributed by atoms with van der Waals surface area (Å²) in [6, 6.07) is 14.6. The monoisotopic (exact) mass is 413 g/mol. The summed E-state index contributed by atoms with van der Waals surface area (Å²) >= 11 is 0. The average Bonchev–Trinajstić information content (AvgIpc) is 2.73. The average molecular weight is 413 g/mol. The largest absolute Gasteiger partial charge is 0.484 e. The van der Waals surface area contributed by atoms with Gasteiger partial charge in [0.1, 0.15) is 5.75 Å². The van der Waals surface area contributed by atoms with Crippen LogP contribution >= 0.6 is 0 Å². The summed E-state index contributed by atoms with van der Waals surface area (Å²) in [5.74, 6) is 0.0123. The highest BCUT2D eigenvalue weighted by Crippen LogP contribution is 2.21. The molecule has 1 fully saturated rings. The van der Waals surface area contributed by atoms with Gasteiger partial charge < -0.3 is 10.1 Å². The van der Waals surface area contributed by atoms with Gasteiger partial charge in [-0.2, -0.15) is 5.26 Å². The van der Waals surface area contributed by atoms with E-state index < -0.39 is 10.0 Å². The lowest BCUT2D eigenvalue weighted by Gasteiger charge is -2.22. The lowest BCUT2D eigenvalue weighted by Crippen LogP contribution is -2.36. The molecule has 2 aromatic rings. The maximum atomic E-state index is 12.5. The SMILES string of the molecule is N#Cc1cccc(NC(=O)COc2ccc(S(=O)(=O)NC3CCCCC3)cc2)c1. The van der Waals surface area contributed by atoms with Crippen molar-refractivity contribution >= 4 is 21.6 Å². The van der Waals surface area contributed by atoms with Crippen LogP contribution in [0.1, 0.15) is 37.7 Å². The van der Waals surface area contributed by atoms with Gasteiger partial charge in [0, 0.05) is 11.7 Å². The predicted molar refractivity (Wildman–Crippen MR) is 109 cm³/mol. The van der Waals surface area contributed by atoms with E-state index in [0.717, 1.165) is 32.1 Å². The van der Waals surface area contributed by atoms with Crippen molar-refractivity contribution in [3.05, 3.63) is 54.1 Å². The molecule has 2 aromatic carbocycles. The van der Waals surface area contributed by atoms with Gasteiger partial charge in [-0.05, 0) is 55.3 Å². The van der Waals surface area contributed by atoms with Gasteiger partial charge in [-0.15, -0.1) is 0 Å². The van der Waals surface area contributed by atoms with E-state index in [9.17, 15) is 13.2 Å². The van der Waals surface area contributed by atoms with Gasteiger partial charge >= 0.3 is 0 Å². The molecule has 1 aliphatic rings. The first-order valence-corrected chi connectivity index (χ1v) is 11.0. The Hall–Kier alpha value is -2.89. The van der Waals surface area contributed by atoms with Crippen molar-refractivity contribution in [1.29, 1.82) is 5.26 Å². The van der Waals surface area contributed by atoms with E-state index in [2.05, 4.69) is 10.0 Å². The lowest BCUT2D eigenvalue weighted by molar-refractivity contribution is -0.118. The van der Waals surface area contributed by atoms with Gasteiger partial charge in [-0.1, -0.05) is 25.3 Å². The van der Waals surface area contributed by atoms with Crippen molar-refractivity contribution in [2.45, 2.75) is 43.0 Å². The number of nitrogens with zero attached hydrogens (tertiary/aromatic N) is 1. The number of nitriles is 1. The minimum atomic E-state index is -3.57. The standard InChI is InChI=1S/C21H23N3O4S/c22-14-16-5-4-8-18(13-16)23-21(25)15-28-19-9-11-20(12-10-19)29(26,27)24-17-6-2-1-3-7-17/h4-5,8-13,17,24H,1-3,6-7,15H2,(H,23,25). The van der Waals surface area contributed by atoms with E-state index in [0.29, 0.717) is 17.0 Å². The number of benzene rings is 2. The molecule has 0 atom stereocenters. The molecule has 29 heavy (non-hydrogen) atoms. The zero-order valence-corrected chi connectivity index (χ0v) is 16.7. The molecule has 152 valence electrons. The number of hydrogen-bond donors (Lipinski definition) is 2. The third kappa shape index (κ3) is 6.04. The van der Waals surface area contributed by atoms with Crippen molar-refractivity contribution in [2.24, 2.45) is 0 Å². The van der Waals surface area contributed by atoms with E-state index in [1.165, 1.54) is 24.3 Å². The summed E-state index contributed by atoms with van der Waals surface area (Å²) in [6.07, 6.45) is 4.98. The number of sulfonamides is 1. The van der Waals surface area contributed by atoms with Crippen molar-refractivity contribution in [1.82, 2.24) is 4.72 Å². The van der Waals surface area contributed by atoms with Crippen LogP contribution in [-0.4, -0.2) is 27.0 Å². The zero-order chi connectivity index (χ0) is 20.7. The number of hydrogen-bond acceptors (Lipinski definition) is 5. The van der Waals surface area contributed by atoms with Crippen molar-refractivity contribution in [3.8, 4) is 11.8 Å². The highest BCUT2D eigenvalue weighted by atomic mass is 32.2. The highest BCUT2D eigenvalue weighted by molar-refractivity contribution is 7.89. The van der Waals surface area contributed by atoms with Crippen molar-refractivity contribution < 1.29 is 17.9 Å². The summed E-state index contributed by atoms with van der Waals surface area (Å²) in [7, 11) is -3.57. The summed E-state index contributed by atoms with van der Waals surface area (Å²) in [6.45, 7) is -0.233. The molecule has 1 amide bonds. The molecule has 0 unspecified atom stereocenters. The van der Waals surface area contributed by atoms with Crippen LogP contribution in [0.5, 0.6) is 5.75 Å². The van der Waals surface area contributed by atoms with E-state index in [1.807, 2.05) is 6.07 Å². The van der Waals surface area contributed by atoms with Crippen molar-refractivity contribution in [2.75, 3.05) is 11.9 Å². The van der Waals surface area contributed by atoms with Crippen molar-refractivity contribution in [3.63, 3.8) is 0 Å². The fourth-order valence-corrected chi connectivity index (χ4v) is 4.54. The summed E-state index contributed by atoms with van der Waals surface area (Å²) in [5.41, 5.74) is 0.954. The van der Waals surface area contributed by atoms with E-state index >= 15 is 0 Å². The second kappa shape index (κ2) is 9.54. The Balaban J connectivity index is 1.53. The Bertz CT molecular complexity index is 991. The molecule has 1 saturated carbocycles. The maximum Gasteiger partial charge on any atom is 0.262 e. The number of rotatable bonds is 7. The molecule has 8 heteroatoms. The molecule has 1 aliphatic carbocycles. The second-order valence-corrected chi connectivity index (χ2v) is 8.67. The third-order valence-corrected chi connectivity index (χ3v) is 6.24. The smallest absolute Gasteiger partial charge is 0.262 e. The number of anilines is 1. The number of nitrogens with one attached hydrogen (secondary N) is 2. The van der Waals surface area contributed by atoms with E-state index in [4.69, 9.17) is 10.00 Å². The van der Waals surface area contributed by atoms with Crippen LogP contribution in [0.4, 0.5) is 5.69 Å². The Morgan fingerprint density at radius 1 is 1.10 bits per heavy atom. The summed E-state index contributed by atoms with van der Waals surface area (Å²) < 4.78 is 33.2. The van der Waals surface area contributed by atoms with E-state index in [1.54, 1.807) is 24.3 Å². The minimum absolute atomic E-state index is 0.00657. The Morgan fingerprint density at radius 3 is 2.52 bits per heavy atom. The molecule has 2 N–H and O–H groups in total. The molecule has 0 radical (unpaired) electrons. The van der Waals surface area contributed by atoms with Gasteiger partial charge in [0.25, 0.3) is 5.91 Å². The van der Waals surface area contributed by atoms with Gasteiger partial charge in [-0.25, -0.2) is 13.1 Å². The molecule has 0 spiro atoms. The molecule has 0 bridgehead atoms. The Kier molecular flexibility index (Phi) is 6.86. The van der Waals surface area contributed by atoms with Gasteiger partial charge in [0.15, 0.2) is 6.61 Å². The number of carbonyl (C=O) groups is 1. The molecular weight excluding hydrogens is 390 g/mol. The zero-order valence-electron chi connectivity index (χ0n) is 15.9. The van der Waals surface area contributed by atoms with Gasteiger partial charge in [-0.3, -0.25) is 4.79 Å². The normalized spacial score (nSPS) is 14.7. The fraction of sp³-hybridized carbons (Fsp3) is 0.333. The van der Waals surface area contributed by atoms with Gasteiger partial charge in [0.2, 0.25) is 10.0 Å². The van der Waals surface area contributed by atoms with Crippen LogP contribution in [-0.2, 0) is 14.8 Å². The Labute approximate surface area is 170 Å². The Morgan fingerprint density at radius 2 is 1.83 bits per heavy atom. The lowest BCUT2D eigenvalue weighted by atomic mass is 9.96. The number of carbonyl (C=O) groups excluding carboxylic acids is 1. The van der Waals surface area contributed by atoms with Crippen LogP contribution in [0.3, 0.4) is 0 Å². The molecule has 0 heterocycles. The van der Waals surface area contributed by atoms with Crippen LogP contribution in [0.25, 0.3) is 0 Å². The highest BCUT2D eigenvalue weighted by Gasteiger charge is 2.21. The molecule has 0 saturated heterocycles. The number of ether oxygens (including phenoxy) is 1. The molecule has 3 rings (SSSR count). The van der Waals surface area contributed by atoms with Crippen LogP contribution in [0.15, 0.2) is 53.4 Å².